The average molecular weight is 305 g/mol. The van der Waals surface area contributed by atoms with Crippen LogP contribution in [0.3, 0.4) is 0 Å². The Bertz CT molecular complexity index is 544. The molecule has 3 fully saturated rings. The van der Waals surface area contributed by atoms with E-state index in [1.807, 2.05) is 0 Å². The first-order valence-electron chi connectivity index (χ1n) is 8.73. The number of allylic oxidation sites excluding steroid dienone is 2. The molecule has 3 N–H and O–H groups in total. The third-order valence-corrected chi connectivity index (χ3v) is 7.49. The van der Waals surface area contributed by atoms with Gasteiger partial charge in [0.15, 0.2) is 0 Å². The van der Waals surface area contributed by atoms with E-state index in [9.17, 15) is 15.0 Å². The van der Waals surface area contributed by atoms with E-state index >= 15 is 0 Å². The van der Waals surface area contributed by atoms with Crippen LogP contribution in [0.4, 0.5) is 0 Å². The highest BCUT2D eigenvalue weighted by Gasteiger charge is 2.61. The van der Waals surface area contributed by atoms with Crippen molar-refractivity contribution < 1.29 is 15.0 Å². The Morgan fingerprint density at radius 2 is 2.05 bits per heavy atom. The summed E-state index contributed by atoms with van der Waals surface area (Å²) >= 11 is 0. The summed E-state index contributed by atoms with van der Waals surface area (Å²) in [4.78, 5) is 11.7. The number of hydrogen-bond donors (Lipinski definition) is 3. The van der Waals surface area contributed by atoms with E-state index in [-0.39, 0.29) is 34.9 Å². The fourth-order valence-electron chi connectivity index (χ4n) is 6.30. The highest BCUT2D eigenvalue weighted by molar-refractivity contribution is 5.79. The highest BCUT2D eigenvalue weighted by atomic mass is 16.3. The molecule has 122 valence electrons. The van der Waals surface area contributed by atoms with Gasteiger partial charge in [-0.2, -0.15) is 0 Å². The number of piperidine rings is 1. The second-order valence-electron chi connectivity index (χ2n) is 8.49. The van der Waals surface area contributed by atoms with Crippen LogP contribution in [0.2, 0.25) is 0 Å². The molecule has 0 aromatic carbocycles. The summed E-state index contributed by atoms with van der Waals surface area (Å²) in [6.07, 6.45) is 6.44. The number of nitrogens with one attached hydrogen (secondary N) is 1. The molecule has 4 unspecified atom stereocenters. The van der Waals surface area contributed by atoms with Crippen molar-refractivity contribution in [2.24, 2.45) is 28.6 Å². The Hall–Kier alpha value is -0.870. The van der Waals surface area contributed by atoms with Crippen molar-refractivity contribution >= 4 is 5.91 Å². The third-order valence-electron chi connectivity index (χ3n) is 7.49. The van der Waals surface area contributed by atoms with E-state index in [0.717, 1.165) is 31.4 Å². The Kier molecular flexibility index (Phi) is 3.06. The molecule has 7 atom stereocenters. The fraction of sp³-hybridized carbons (Fsp3) is 0.833. The number of hydrogen-bond acceptors (Lipinski definition) is 3. The molecule has 1 heterocycles. The van der Waals surface area contributed by atoms with Gasteiger partial charge in [-0.3, -0.25) is 4.79 Å². The molecule has 0 aromatic rings. The first kappa shape index (κ1) is 14.7. The lowest BCUT2D eigenvalue weighted by Gasteiger charge is -2.58. The summed E-state index contributed by atoms with van der Waals surface area (Å²) in [5, 5.41) is 24.4. The van der Waals surface area contributed by atoms with E-state index < -0.39 is 0 Å². The van der Waals surface area contributed by atoms with Crippen molar-refractivity contribution in [3.05, 3.63) is 11.8 Å². The number of fused-ring (bicyclic) bond motifs is 5. The van der Waals surface area contributed by atoms with E-state index in [1.165, 1.54) is 0 Å². The van der Waals surface area contributed by atoms with Gasteiger partial charge in [0.25, 0.3) is 0 Å². The van der Waals surface area contributed by atoms with E-state index in [2.05, 4.69) is 25.2 Å². The van der Waals surface area contributed by atoms with Gasteiger partial charge in [0.1, 0.15) is 0 Å². The van der Waals surface area contributed by atoms with E-state index in [4.69, 9.17) is 0 Å². The van der Waals surface area contributed by atoms with Gasteiger partial charge in [-0.05, 0) is 55.3 Å². The van der Waals surface area contributed by atoms with Crippen molar-refractivity contribution in [3.63, 3.8) is 0 Å². The lowest BCUT2D eigenvalue weighted by atomic mass is 9.49. The van der Waals surface area contributed by atoms with Crippen LogP contribution >= 0.6 is 0 Å². The zero-order chi connectivity index (χ0) is 15.7. The quantitative estimate of drug-likeness (QED) is 0.641. The zero-order valence-corrected chi connectivity index (χ0v) is 13.5. The number of carbonyl (C=O) groups excluding carboxylic acids is 1. The number of aliphatic hydroxyl groups excluding tert-OH is 2. The van der Waals surface area contributed by atoms with Crippen molar-refractivity contribution in [1.82, 2.24) is 5.32 Å². The van der Waals surface area contributed by atoms with Gasteiger partial charge in [-0.25, -0.2) is 0 Å². The summed E-state index contributed by atoms with van der Waals surface area (Å²) in [6, 6.07) is 0. The van der Waals surface area contributed by atoms with Crippen LogP contribution in [0.15, 0.2) is 11.8 Å². The molecule has 22 heavy (non-hydrogen) atoms. The number of amides is 1. The second-order valence-corrected chi connectivity index (χ2v) is 8.49. The highest BCUT2D eigenvalue weighted by Crippen LogP contribution is 2.63. The Morgan fingerprint density at radius 1 is 1.27 bits per heavy atom. The molecule has 1 saturated heterocycles. The van der Waals surface area contributed by atoms with Crippen molar-refractivity contribution in [3.8, 4) is 0 Å². The zero-order valence-electron chi connectivity index (χ0n) is 13.5. The normalized spacial score (nSPS) is 53.9. The lowest BCUT2D eigenvalue weighted by Crippen LogP contribution is -2.58. The smallest absolute Gasteiger partial charge is 0.224 e. The van der Waals surface area contributed by atoms with Gasteiger partial charge < -0.3 is 15.5 Å². The summed E-state index contributed by atoms with van der Waals surface area (Å²) in [5.74, 6) is 1.22. The Balaban J connectivity index is 1.74. The van der Waals surface area contributed by atoms with Crippen LogP contribution in [-0.2, 0) is 4.79 Å². The van der Waals surface area contributed by atoms with Crippen LogP contribution in [0, 0.1) is 28.6 Å². The second kappa shape index (κ2) is 4.57. The van der Waals surface area contributed by atoms with Gasteiger partial charge in [-0.15, -0.1) is 0 Å². The maximum Gasteiger partial charge on any atom is 0.224 e. The largest absolute Gasteiger partial charge is 0.393 e. The average Bonchev–Trinajstić information content (AvgIpc) is 2.75. The molecule has 0 aromatic heterocycles. The van der Waals surface area contributed by atoms with Crippen LogP contribution in [0.25, 0.3) is 0 Å². The maximum atomic E-state index is 11.7. The maximum absolute atomic E-state index is 11.7. The molecule has 0 spiro atoms. The summed E-state index contributed by atoms with van der Waals surface area (Å²) in [7, 11) is 0. The first-order valence-corrected chi connectivity index (χ1v) is 8.73. The Labute approximate surface area is 132 Å². The molecule has 2 saturated carbocycles. The molecule has 4 nitrogen and oxygen atoms in total. The van der Waals surface area contributed by atoms with E-state index in [1.54, 1.807) is 0 Å². The van der Waals surface area contributed by atoms with Crippen LogP contribution in [0.1, 0.15) is 52.4 Å². The number of rotatable bonds is 0. The minimum Gasteiger partial charge on any atom is -0.393 e. The Morgan fingerprint density at radius 3 is 2.82 bits per heavy atom. The minimum atomic E-state index is -0.386. The number of carbonyl (C=O) groups is 1. The lowest BCUT2D eigenvalue weighted by molar-refractivity contribution is -0.141. The molecule has 3 aliphatic carbocycles. The topological polar surface area (TPSA) is 69.6 Å². The monoisotopic (exact) mass is 305 g/mol. The summed E-state index contributed by atoms with van der Waals surface area (Å²) < 4.78 is 0. The third kappa shape index (κ3) is 1.74. The molecule has 4 aliphatic rings. The predicted octanol–water partition coefficient (Wildman–Crippen LogP) is 1.96. The van der Waals surface area contributed by atoms with Gasteiger partial charge in [0.05, 0.1) is 12.2 Å². The molecule has 4 rings (SSSR count). The summed E-state index contributed by atoms with van der Waals surface area (Å²) in [6.45, 7) is 4.38. The van der Waals surface area contributed by atoms with Gasteiger partial charge >= 0.3 is 0 Å². The van der Waals surface area contributed by atoms with Gasteiger partial charge in [-0.1, -0.05) is 19.9 Å². The minimum absolute atomic E-state index is 0.105. The molecule has 1 aliphatic heterocycles. The van der Waals surface area contributed by atoms with Crippen molar-refractivity contribution in [2.45, 2.75) is 64.6 Å². The SMILES string of the molecule is C[C@]12C[C@H](O)C3C(CC=C4NC(=O)CC[C@@]43C)C1CCC2O. The van der Waals surface area contributed by atoms with Crippen molar-refractivity contribution in [2.75, 3.05) is 0 Å². The van der Waals surface area contributed by atoms with Crippen molar-refractivity contribution in [1.29, 1.82) is 0 Å². The van der Waals surface area contributed by atoms with Gasteiger partial charge in [0, 0.05) is 17.5 Å². The molecule has 1 amide bonds. The van der Waals surface area contributed by atoms with E-state index in [0.29, 0.717) is 24.7 Å². The fourth-order valence-corrected chi connectivity index (χ4v) is 6.30. The predicted molar refractivity (Wildman–Crippen MR) is 82.6 cm³/mol. The van der Waals surface area contributed by atoms with Crippen LogP contribution in [-0.4, -0.2) is 28.3 Å². The molecule has 0 bridgehead atoms. The molecule has 4 heteroatoms. The van der Waals surface area contributed by atoms with Crippen LogP contribution in [0.5, 0.6) is 0 Å². The first-order chi connectivity index (χ1) is 10.4. The summed E-state index contributed by atoms with van der Waals surface area (Å²) in [5.41, 5.74) is 0.775. The van der Waals surface area contributed by atoms with Gasteiger partial charge in [0.2, 0.25) is 5.91 Å². The standard InChI is InChI=1S/C18H27NO3/c1-17-8-7-15(22)19-13(17)5-3-10-11-4-6-14(21)18(11,2)9-12(20)16(10)17/h5,10-12,14,16,20-21H,3-4,6-9H2,1-2H3,(H,19,22)/t10?,11?,12-,14?,16?,17-,18-/m0/s1. The van der Waals surface area contributed by atoms with Crippen LogP contribution < -0.4 is 5.32 Å². The number of aliphatic hydroxyl groups is 2. The molecular weight excluding hydrogens is 278 g/mol. The molecular formula is C18H27NO3. The molecule has 0 radical (unpaired) electrons.